The van der Waals surface area contributed by atoms with Crippen LogP contribution < -0.4 is 0 Å². The summed E-state index contributed by atoms with van der Waals surface area (Å²) in [5, 5.41) is 0.743. The normalized spacial score (nSPS) is 9.56. The van der Waals surface area contributed by atoms with Crippen molar-refractivity contribution >= 4 is 37.5 Å². The Labute approximate surface area is 69.3 Å². The fraction of sp³-hybridized carbons (Fsp3) is 0. The summed E-state index contributed by atoms with van der Waals surface area (Å²) in [6.45, 7) is 0. The fourth-order valence-electron chi connectivity index (χ4n) is 0.514. The molecule has 1 heterocycles. The van der Waals surface area contributed by atoms with Crippen LogP contribution in [0.3, 0.4) is 0 Å². The first-order valence-corrected chi connectivity index (χ1v) is 3.61. The minimum absolute atomic E-state index is 0.660. The van der Waals surface area contributed by atoms with Crippen molar-refractivity contribution < 1.29 is 0 Å². The van der Waals surface area contributed by atoms with Crippen LogP contribution in [-0.2, 0) is 0 Å². The number of thiol groups is 2. The number of rotatable bonds is 0. The van der Waals surface area contributed by atoms with E-state index in [-0.39, 0.29) is 0 Å². The number of nitrogens with one attached hydrogen (secondary N) is 1. The second-order valence-corrected chi connectivity index (χ2v) is 3.03. The molecule has 0 aliphatic heterocycles. The molecular weight excluding hydrogens is 170 g/mol. The molecule has 0 amide bonds. The molecule has 0 bridgehead atoms. The highest BCUT2D eigenvalue weighted by molar-refractivity contribution is 7.81. The molecule has 1 N–H and O–H groups in total. The summed E-state index contributed by atoms with van der Waals surface area (Å²) in [6, 6.07) is 3.56. The van der Waals surface area contributed by atoms with Crippen LogP contribution in [0.5, 0.6) is 0 Å². The van der Waals surface area contributed by atoms with Crippen molar-refractivity contribution in [2.45, 2.75) is 9.92 Å². The Bertz CT molecular complexity index is 242. The van der Waals surface area contributed by atoms with E-state index in [1.165, 1.54) is 0 Å². The van der Waals surface area contributed by atoms with E-state index in [1.54, 1.807) is 12.1 Å². The standard InChI is InChI=1S/C5H5NS3/c7-3-1-4(8)6-5(9)2-3/h1-2H,(H3,6,7,8,9). The average molecular weight is 175 g/mol. The smallest absolute Gasteiger partial charge is 0.105 e. The summed E-state index contributed by atoms with van der Waals surface area (Å²) >= 11 is 13.0. The molecule has 0 aromatic carbocycles. The van der Waals surface area contributed by atoms with Gasteiger partial charge in [-0.15, -0.1) is 25.3 Å². The Morgan fingerprint density at radius 2 is 2.00 bits per heavy atom. The van der Waals surface area contributed by atoms with Crippen LogP contribution in [0, 0.1) is 4.64 Å². The molecule has 0 saturated heterocycles. The van der Waals surface area contributed by atoms with Crippen LogP contribution >= 0.6 is 37.5 Å². The summed E-state index contributed by atoms with van der Waals surface area (Å²) in [5.74, 6) is 0. The number of hydrogen-bond donors (Lipinski definition) is 3. The summed E-state index contributed by atoms with van der Waals surface area (Å²) < 4.78 is 0.660. The predicted octanol–water partition coefficient (Wildman–Crippen LogP) is 2.32. The molecule has 1 rings (SSSR count). The Morgan fingerprint density at radius 1 is 1.33 bits per heavy atom. The molecule has 1 aromatic rings. The maximum Gasteiger partial charge on any atom is 0.105 e. The van der Waals surface area contributed by atoms with E-state index in [9.17, 15) is 0 Å². The molecule has 9 heavy (non-hydrogen) atoms. The molecule has 0 spiro atoms. The maximum atomic E-state index is 4.83. The van der Waals surface area contributed by atoms with Gasteiger partial charge in [-0.05, 0) is 12.1 Å². The van der Waals surface area contributed by atoms with E-state index in [0.29, 0.717) is 4.64 Å². The Morgan fingerprint density at radius 3 is 2.44 bits per heavy atom. The van der Waals surface area contributed by atoms with Crippen molar-refractivity contribution in [3.05, 3.63) is 16.8 Å². The van der Waals surface area contributed by atoms with E-state index < -0.39 is 0 Å². The summed E-state index contributed by atoms with van der Waals surface area (Å²) in [6.07, 6.45) is 0. The van der Waals surface area contributed by atoms with Gasteiger partial charge in [-0.25, -0.2) is 0 Å². The molecule has 0 saturated carbocycles. The van der Waals surface area contributed by atoms with Crippen LogP contribution in [-0.4, -0.2) is 4.98 Å². The highest BCUT2D eigenvalue weighted by atomic mass is 32.1. The number of pyridine rings is 1. The molecule has 48 valence electrons. The third-order valence-electron chi connectivity index (χ3n) is 0.815. The zero-order chi connectivity index (χ0) is 6.85. The second kappa shape index (κ2) is 2.77. The molecule has 4 heteroatoms. The highest BCUT2D eigenvalue weighted by Gasteiger charge is 1.86. The highest BCUT2D eigenvalue weighted by Crippen LogP contribution is 2.09. The Hall–Kier alpha value is 0.0700. The third kappa shape index (κ3) is 2.04. The Balaban J connectivity index is 3.33. The van der Waals surface area contributed by atoms with Crippen LogP contribution in [0.4, 0.5) is 0 Å². The van der Waals surface area contributed by atoms with Gasteiger partial charge in [0, 0.05) is 4.90 Å². The summed E-state index contributed by atoms with van der Waals surface area (Å²) in [4.78, 5) is 3.68. The number of aromatic amines is 1. The monoisotopic (exact) mass is 175 g/mol. The van der Waals surface area contributed by atoms with Crippen molar-refractivity contribution in [1.29, 1.82) is 0 Å². The molecular formula is C5H5NS3. The van der Waals surface area contributed by atoms with Crippen molar-refractivity contribution in [2.24, 2.45) is 0 Å². The molecule has 0 radical (unpaired) electrons. The van der Waals surface area contributed by atoms with Crippen molar-refractivity contribution in [3.63, 3.8) is 0 Å². The van der Waals surface area contributed by atoms with Gasteiger partial charge in [0.25, 0.3) is 0 Å². The number of aromatic nitrogens is 1. The lowest BCUT2D eigenvalue weighted by molar-refractivity contribution is 1.08. The van der Waals surface area contributed by atoms with Crippen molar-refractivity contribution in [3.8, 4) is 0 Å². The third-order valence-corrected chi connectivity index (χ3v) is 1.53. The zero-order valence-corrected chi connectivity index (χ0v) is 7.06. The lowest BCUT2D eigenvalue weighted by Crippen LogP contribution is -1.75. The molecule has 0 aliphatic rings. The molecule has 0 fully saturated rings. The molecule has 0 atom stereocenters. The van der Waals surface area contributed by atoms with E-state index in [0.717, 1.165) is 9.92 Å². The summed E-state index contributed by atoms with van der Waals surface area (Å²) in [7, 11) is 0. The molecule has 1 aromatic heterocycles. The van der Waals surface area contributed by atoms with Gasteiger partial charge in [-0.2, -0.15) is 0 Å². The van der Waals surface area contributed by atoms with E-state index in [1.807, 2.05) is 0 Å². The Kier molecular flexibility index (Phi) is 2.21. The van der Waals surface area contributed by atoms with Crippen LogP contribution in [0.1, 0.15) is 0 Å². The average Bonchev–Trinajstić information content (AvgIpc) is 1.59. The summed E-state index contributed by atoms with van der Waals surface area (Å²) in [5.41, 5.74) is 0. The number of H-pyrrole nitrogens is 1. The lowest BCUT2D eigenvalue weighted by atomic mass is 10.5. The van der Waals surface area contributed by atoms with Crippen LogP contribution in [0.15, 0.2) is 22.1 Å². The van der Waals surface area contributed by atoms with Crippen molar-refractivity contribution in [2.75, 3.05) is 0 Å². The zero-order valence-electron chi connectivity index (χ0n) is 4.46. The van der Waals surface area contributed by atoms with E-state index in [4.69, 9.17) is 12.2 Å². The van der Waals surface area contributed by atoms with E-state index >= 15 is 0 Å². The number of hydrogen-bond acceptors (Lipinski definition) is 3. The first kappa shape index (κ1) is 7.18. The topological polar surface area (TPSA) is 15.8 Å². The minimum Gasteiger partial charge on any atom is -0.341 e. The maximum absolute atomic E-state index is 4.83. The van der Waals surface area contributed by atoms with Gasteiger partial charge >= 0.3 is 0 Å². The van der Waals surface area contributed by atoms with Gasteiger partial charge in [0.05, 0.1) is 5.03 Å². The van der Waals surface area contributed by atoms with Gasteiger partial charge in [-0.1, -0.05) is 12.2 Å². The second-order valence-electron chi connectivity index (χ2n) is 1.59. The molecule has 0 aliphatic carbocycles. The first-order valence-electron chi connectivity index (χ1n) is 2.31. The van der Waals surface area contributed by atoms with Crippen LogP contribution in [0.2, 0.25) is 0 Å². The van der Waals surface area contributed by atoms with Gasteiger partial charge in [0.1, 0.15) is 4.64 Å². The van der Waals surface area contributed by atoms with Gasteiger partial charge in [0.15, 0.2) is 0 Å². The molecule has 1 nitrogen and oxygen atoms in total. The van der Waals surface area contributed by atoms with Gasteiger partial charge < -0.3 is 4.98 Å². The minimum atomic E-state index is 0.660. The first-order chi connectivity index (χ1) is 4.18. The van der Waals surface area contributed by atoms with Gasteiger partial charge in [-0.3, -0.25) is 0 Å². The SMILES string of the molecule is S=c1cc(S)cc(S)[nH]1. The fourth-order valence-corrected chi connectivity index (χ4v) is 1.53. The van der Waals surface area contributed by atoms with Crippen LogP contribution in [0.25, 0.3) is 0 Å². The van der Waals surface area contributed by atoms with E-state index in [2.05, 4.69) is 30.2 Å². The quantitative estimate of drug-likeness (QED) is 0.407. The lowest BCUT2D eigenvalue weighted by Gasteiger charge is -1.92. The molecule has 0 unspecified atom stereocenters. The largest absolute Gasteiger partial charge is 0.341 e. The van der Waals surface area contributed by atoms with Crippen molar-refractivity contribution in [1.82, 2.24) is 4.98 Å². The predicted molar refractivity (Wildman–Crippen MR) is 46.1 cm³/mol. The van der Waals surface area contributed by atoms with Gasteiger partial charge in [0.2, 0.25) is 0 Å².